The number of benzene rings is 5. The molecule has 0 nitrogen and oxygen atoms in total. The fourth-order valence-electron chi connectivity index (χ4n) is 6.19. The van der Waals surface area contributed by atoms with Crippen LogP contribution in [0.1, 0.15) is 50.4 Å². The molecule has 1 unspecified atom stereocenters. The minimum atomic E-state index is -1.92. The zero-order valence-corrected chi connectivity index (χ0v) is 26.0. The Labute approximate surface area is 250 Å². The molecule has 0 N–H and O–H groups in total. The number of hydrogen-bond acceptors (Lipinski definition) is 0. The molecular formula is C35H29Cl3Ti. The van der Waals surface area contributed by atoms with Crippen molar-refractivity contribution in [2.75, 3.05) is 0 Å². The van der Waals surface area contributed by atoms with Crippen LogP contribution in [-0.4, -0.2) is 0 Å². The summed E-state index contributed by atoms with van der Waals surface area (Å²) in [6.07, 6.45) is 0. The van der Waals surface area contributed by atoms with E-state index in [0.717, 1.165) is 0 Å². The second kappa shape index (κ2) is 12.1. The average molecular weight is 604 g/mol. The molecule has 0 fully saturated rings. The first kappa shape index (κ1) is 28.2. The fraction of sp³-hybridized carbons (Fsp3) is 0.143. The van der Waals surface area contributed by atoms with Crippen LogP contribution in [0.25, 0.3) is 11.1 Å². The zero-order chi connectivity index (χ0) is 27.6. The minimum absolute atomic E-state index is 0.0975. The van der Waals surface area contributed by atoms with Gasteiger partial charge in [0.1, 0.15) is 0 Å². The van der Waals surface area contributed by atoms with Crippen molar-refractivity contribution in [1.82, 2.24) is 0 Å². The molecule has 0 amide bonds. The maximum absolute atomic E-state index is 4.97. The topological polar surface area (TPSA) is 0 Å². The van der Waals surface area contributed by atoms with Gasteiger partial charge in [-0.05, 0) is 43.0 Å². The van der Waals surface area contributed by atoms with Crippen LogP contribution in [0.5, 0.6) is 0 Å². The van der Waals surface area contributed by atoms with Crippen LogP contribution in [0.4, 0.5) is 0 Å². The van der Waals surface area contributed by atoms with Crippen molar-refractivity contribution in [3.8, 4) is 11.1 Å². The van der Waals surface area contributed by atoms with Gasteiger partial charge in [0.05, 0.1) is 5.41 Å². The van der Waals surface area contributed by atoms with E-state index >= 15 is 0 Å². The van der Waals surface area contributed by atoms with Gasteiger partial charge in [0.25, 0.3) is 0 Å². The van der Waals surface area contributed by atoms with Gasteiger partial charge in [0.2, 0.25) is 0 Å². The summed E-state index contributed by atoms with van der Waals surface area (Å²) in [5.74, 6) is 0.0975. The van der Waals surface area contributed by atoms with Gasteiger partial charge >= 0.3 is 42.6 Å². The Morgan fingerprint density at radius 1 is 0.590 bits per heavy atom. The van der Waals surface area contributed by atoms with Gasteiger partial charge in [0.15, 0.2) is 0 Å². The molecule has 6 rings (SSSR count). The van der Waals surface area contributed by atoms with E-state index in [9.17, 15) is 0 Å². The molecule has 0 saturated carbocycles. The third-order valence-electron chi connectivity index (χ3n) is 7.59. The van der Waals surface area contributed by atoms with E-state index in [0.29, 0.717) is 0 Å². The van der Waals surface area contributed by atoms with Crippen LogP contribution >= 0.6 is 27.9 Å². The van der Waals surface area contributed by atoms with Gasteiger partial charge in [0, 0.05) is 5.92 Å². The predicted octanol–water partition coefficient (Wildman–Crippen LogP) is 10.6. The Kier molecular flexibility index (Phi) is 8.72. The summed E-state index contributed by atoms with van der Waals surface area (Å²) in [6.45, 7) is 6.59. The Morgan fingerprint density at radius 2 is 1.05 bits per heavy atom. The summed E-state index contributed by atoms with van der Waals surface area (Å²) in [7, 11) is 14.9. The summed E-state index contributed by atoms with van der Waals surface area (Å²) in [6, 6.07) is 46.4. The van der Waals surface area contributed by atoms with Crippen molar-refractivity contribution in [2.24, 2.45) is 0 Å². The standard InChI is InChI=1S/C35H29.3ClH.Ti/c1-24-11-8-14-27(21-24)35(28-15-9-12-25(2)22-28,29-16-10-13-26(3)23-29)34-32-19-6-4-17-30(32)31-18-5-7-20-33(31)34;;;;/h4-19,21-23,34H,1-3H3;3*1H;/q-1;;;;+4/p-3. The quantitative estimate of drug-likeness (QED) is 0.109. The van der Waals surface area contributed by atoms with Crippen molar-refractivity contribution in [3.05, 3.63) is 166 Å². The number of hydrogen-bond donors (Lipinski definition) is 0. The van der Waals surface area contributed by atoms with Gasteiger partial charge in [-0.2, -0.15) is 24.3 Å². The van der Waals surface area contributed by atoms with E-state index in [2.05, 4.69) is 142 Å². The molecule has 0 aromatic heterocycles. The van der Waals surface area contributed by atoms with E-state index in [4.69, 9.17) is 27.9 Å². The molecule has 194 valence electrons. The van der Waals surface area contributed by atoms with Crippen molar-refractivity contribution < 1.29 is 14.7 Å². The van der Waals surface area contributed by atoms with Crippen LogP contribution in [-0.2, 0) is 20.1 Å². The summed E-state index contributed by atoms with van der Waals surface area (Å²) < 4.78 is 0. The molecule has 0 saturated heterocycles. The van der Waals surface area contributed by atoms with Gasteiger partial charge in [-0.15, -0.1) is 11.1 Å². The Bertz CT molecular complexity index is 1450. The van der Waals surface area contributed by atoms with Crippen LogP contribution in [0.15, 0.2) is 115 Å². The number of rotatable bonds is 4. The number of aryl methyl sites for hydroxylation is 3. The Morgan fingerprint density at radius 3 is 1.54 bits per heavy atom. The van der Waals surface area contributed by atoms with E-state index in [1.54, 1.807) is 0 Å². The van der Waals surface area contributed by atoms with Crippen LogP contribution in [0.3, 0.4) is 0 Å². The summed E-state index contributed by atoms with van der Waals surface area (Å²) in [5.41, 5.74) is 12.6. The summed E-state index contributed by atoms with van der Waals surface area (Å²) in [4.78, 5) is 0. The van der Waals surface area contributed by atoms with Crippen LogP contribution < -0.4 is 0 Å². The molecule has 1 aliphatic rings. The first-order valence-corrected chi connectivity index (χ1v) is 19.4. The molecule has 0 bridgehead atoms. The maximum atomic E-state index is 4.97. The van der Waals surface area contributed by atoms with Crippen molar-refractivity contribution >= 4 is 27.9 Å². The first-order valence-electron chi connectivity index (χ1n) is 13.0. The molecule has 0 radical (unpaired) electrons. The van der Waals surface area contributed by atoms with Gasteiger partial charge in [-0.25, -0.2) is 0 Å². The van der Waals surface area contributed by atoms with Crippen molar-refractivity contribution in [2.45, 2.75) is 32.1 Å². The van der Waals surface area contributed by atoms with E-state index < -0.39 is 20.1 Å². The SMILES string of the molecule is Cc1cccc(C(c2cccc(C)c2)(c2cccc(C)c2)C2c3[c-]cccc3-c3ccccc32)c1.[Cl][Ti+]([Cl])[Cl]. The molecule has 0 aliphatic heterocycles. The normalized spacial score (nSPS) is 13.6. The second-order valence-corrected chi connectivity index (χ2v) is 17.9. The molecule has 5 aromatic carbocycles. The number of fused-ring (bicyclic) bond motifs is 3. The molecular weight excluding hydrogens is 575 g/mol. The summed E-state index contributed by atoms with van der Waals surface area (Å²) >= 11 is -1.92. The zero-order valence-electron chi connectivity index (χ0n) is 22.2. The van der Waals surface area contributed by atoms with Crippen molar-refractivity contribution in [3.63, 3.8) is 0 Å². The molecule has 0 heterocycles. The number of halogens is 3. The van der Waals surface area contributed by atoms with E-state index in [1.807, 2.05) is 0 Å². The second-order valence-electron chi connectivity index (χ2n) is 10.1. The molecule has 1 aliphatic carbocycles. The summed E-state index contributed by atoms with van der Waals surface area (Å²) in [5, 5.41) is 0. The first-order chi connectivity index (χ1) is 18.8. The fourth-order valence-corrected chi connectivity index (χ4v) is 6.19. The molecule has 1 atom stereocenters. The third-order valence-corrected chi connectivity index (χ3v) is 7.59. The molecule has 0 spiro atoms. The van der Waals surface area contributed by atoms with E-state index in [-0.39, 0.29) is 5.92 Å². The van der Waals surface area contributed by atoms with Gasteiger partial charge in [-0.3, -0.25) is 0 Å². The molecule has 5 aromatic rings. The monoisotopic (exact) mass is 602 g/mol. The molecule has 4 heteroatoms. The third kappa shape index (κ3) is 5.51. The molecule has 39 heavy (non-hydrogen) atoms. The Balaban J connectivity index is 0.000000723. The van der Waals surface area contributed by atoms with Crippen LogP contribution in [0, 0.1) is 26.8 Å². The Hall–Kier alpha value is -2.32. The average Bonchev–Trinajstić information content (AvgIpc) is 3.24. The van der Waals surface area contributed by atoms with E-state index in [1.165, 1.54) is 55.6 Å². The van der Waals surface area contributed by atoms with Gasteiger partial charge in [-0.1, -0.05) is 119 Å². The predicted molar refractivity (Wildman–Crippen MR) is 164 cm³/mol. The van der Waals surface area contributed by atoms with Crippen LogP contribution in [0.2, 0.25) is 0 Å². The van der Waals surface area contributed by atoms with Gasteiger partial charge < -0.3 is 0 Å². The van der Waals surface area contributed by atoms with Crippen molar-refractivity contribution in [1.29, 1.82) is 0 Å².